The second-order valence-corrected chi connectivity index (χ2v) is 9.18. The van der Waals surface area contributed by atoms with E-state index in [1.165, 1.54) is 0 Å². The number of carbonyl (C=O) groups excluding carboxylic acids is 2. The van der Waals surface area contributed by atoms with Gasteiger partial charge in [0, 0.05) is 24.2 Å². The first kappa shape index (κ1) is 23.7. The molecule has 0 radical (unpaired) electrons. The summed E-state index contributed by atoms with van der Waals surface area (Å²) in [5.41, 5.74) is 2.74. The Bertz CT molecular complexity index is 1240. The van der Waals surface area contributed by atoms with Crippen LogP contribution in [0.5, 0.6) is 17.2 Å². The molecule has 186 valence electrons. The summed E-state index contributed by atoms with van der Waals surface area (Å²) in [6, 6.07) is 22.6. The number of anilines is 1. The normalized spacial score (nSPS) is 18.8. The average molecular weight is 487 g/mol. The molecule has 36 heavy (non-hydrogen) atoms. The molecule has 0 bridgehead atoms. The van der Waals surface area contributed by atoms with Gasteiger partial charge in [0.1, 0.15) is 23.3 Å². The molecule has 2 atom stereocenters. The van der Waals surface area contributed by atoms with E-state index in [2.05, 4.69) is 5.32 Å². The Labute approximate surface area is 211 Å². The molecule has 1 saturated heterocycles. The highest BCUT2D eigenvalue weighted by Crippen LogP contribution is 2.39. The van der Waals surface area contributed by atoms with Crippen LogP contribution >= 0.6 is 0 Å². The first-order chi connectivity index (χ1) is 17.6. The molecule has 1 aliphatic heterocycles. The molecule has 3 aromatic carbocycles. The van der Waals surface area contributed by atoms with Crippen LogP contribution in [0.25, 0.3) is 0 Å². The molecule has 1 aliphatic carbocycles. The number of rotatable bonds is 10. The van der Waals surface area contributed by atoms with Crippen LogP contribution in [0.3, 0.4) is 0 Å². The third kappa shape index (κ3) is 5.15. The molecular weight excluding hydrogens is 456 g/mol. The van der Waals surface area contributed by atoms with Crippen LogP contribution in [0.1, 0.15) is 30.0 Å². The van der Waals surface area contributed by atoms with Gasteiger partial charge in [0.2, 0.25) is 12.0 Å². The van der Waals surface area contributed by atoms with Gasteiger partial charge >= 0.3 is 0 Å². The van der Waals surface area contributed by atoms with Crippen molar-refractivity contribution in [3.8, 4) is 17.2 Å². The number of carbonyl (C=O) groups is 2. The van der Waals surface area contributed by atoms with Crippen molar-refractivity contribution in [3.05, 3.63) is 83.9 Å². The Morgan fingerprint density at radius 1 is 0.917 bits per heavy atom. The molecule has 7 heteroatoms. The molecule has 3 aromatic rings. The average Bonchev–Trinajstić information content (AvgIpc) is 3.76. The number of ether oxygens (including phenoxy) is 3. The van der Waals surface area contributed by atoms with Gasteiger partial charge in [-0.3, -0.25) is 9.59 Å². The van der Waals surface area contributed by atoms with Crippen molar-refractivity contribution in [3.63, 3.8) is 0 Å². The van der Waals surface area contributed by atoms with Gasteiger partial charge in [-0.05, 0) is 66.8 Å². The number of nitrogens with zero attached hydrogens (tertiary/aromatic N) is 1. The van der Waals surface area contributed by atoms with Crippen molar-refractivity contribution in [2.75, 3.05) is 26.1 Å². The standard InChI is InChI=1S/C29H30N2O5/c1-34-23-13-9-19(10-14-23)15-16-31-26(21-5-3-7-24(17-21)35-2)27(29(31)33)36-25-8-4-6-22(18-25)30-28(32)20-11-12-20/h3-10,13-14,17-18,20,26-27H,11-12,15-16H2,1-2H3,(H,30,32). The zero-order valence-corrected chi connectivity index (χ0v) is 20.5. The fourth-order valence-electron chi connectivity index (χ4n) is 4.49. The minimum Gasteiger partial charge on any atom is -0.497 e. The number of benzene rings is 3. The Kier molecular flexibility index (Phi) is 6.80. The maximum Gasteiger partial charge on any atom is 0.266 e. The topological polar surface area (TPSA) is 77.1 Å². The van der Waals surface area contributed by atoms with Crippen molar-refractivity contribution in [2.24, 2.45) is 5.92 Å². The van der Waals surface area contributed by atoms with E-state index in [-0.39, 0.29) is 23.8 Å². The summed E-state index contributed by atoms with van der Waals surface area (Å²) in [6.07, 6.45) is 1.92. The van der Waals surface area contributed by atoms with E-state index in [0.717, 1.165) is 35.5 Å². The number of likely N-dealkylation sites (tertiary alicyclic amines) is 1. The van der Waals surface area contributed by atoms with Crippen molar-refractivity contribution >= 4 is 17.5 Å². The number of hydrogen-bond donors (Lipinski definition) is 1. The van der Waals surface area contributed by atoms with Gasteiger partial charge in [-0.25, -0.2) is 0 Å². The molecule has 0 aromatic heterocycles. The van der Waals surface area contributed by atoms with Gasteiger partial charge < -0.3 is 24.4 Å². The first-order valence-corrected chi connectivity index (χ1v) is 12.2. The van der Waals surface area contributed by atoms with E-state index < -0.39 is 6.10 Å². The zero-order valence-electron chi connectivity index (χ0n) is 20.5. The number of amides is 2. The first-order valence-electron chi connectivity index (χ1n) is 12.2. The van der Waals surface area contributed by atoms with Gasteiger partial charge in [0.15, 0.2) is 0 Å². The highest BCUT2D eigenvalue weighted by molar-refractivity contribution is 5.94. The third-order valence-corrected chi connectivity index (χ3v) is 6.70. The lowest BCUT2D eigenvalue weighted by atomic mass is 9.89. The highest BCUT2D eigenvalue weighted by Gasteiger charge is 2.50. The van der Waals surface area contributed by atoms with Crippen LogP contribution in [0.4, 0.5) is 5.69 Å². The Morgan fingerprint density at radius 3 is 2.36 bits per heavy atom. The molecule has 2 aliphatic rings. The Balaban J connectivity index is 1.33. The lowest BCUT2D eigenvalue weighted by molar-refractivity contribution is -0.164. The van der Waals surface area contributed by atoms with E-state index in [1.54, 1.807) is 20.3 Å². The molecular formula is C29H30N2O5. The quantitative estimate of drug-likeness (QED) is 0.423. The number of β-lactam (4-membered cyclic amide) rings is 1. The fourth-order valence-corrected chi connectivity index (χ4v) is 4.49. The Morgan fingerprint density at radius 2 is 1.64 bits per heavy atom. The Hall–Kier alpha value is -4.00. The smallest absolute Gasteiger partial charge is 0.266 e. The molecule has 2 amide bonds. The largest absolute Gasteiger partial charge is 0.497 e. The molecule has 1 heterocycles. The third-order valence-electron chi connectivity index (χ3n) is 6.70. The molecule has 7 nitrogen and oxygen atoms in total. The van der Waals surface area contributed by atoms with E-state index >= 15 is 0 Å². The van der Waals surface area contributed by atoms with E-state index in [1.807, 2.05) is 71.6 Å². The predicted molar refractivity (Wildman–Crippen MR) is 136 cm³/mol. The number of methoxy groups -OCH3 is 2. The van der Waals surface area contributed by atoms with E-state index in [0.29, 0.717) is 24.4 Å². The van der Waals surface area contributed by atoms with Crippen LogP contribution < -0.4 is 19.5 Å². The predicted octanol–water partition coefficient (Wildman–Crippen LogP) is 4.63. The van der Waals surface area contributed by atoms with Gasteiger partial charge in [-0.15, -0.1) is 0 Å². The van der Waals surface area contributed by atoms with Crippen molar-refractivity contribution in [2.45, 2.75) is 31.4 Å². The minimum absolute atomic E-state index is 0.0332. The van der Waals surface area contributed by atoms with Crippen LogP contribution in [-0.2, 0) is 16.0 Å². The zero-order chi connectivity index (χ0) is 25.1. The molecule has 1 N–H and O–H groups in total. The van der Waals surface area contributed by atoms with E-state index in [9.17, 15) is 9.59 Å². The van der Waals surface area contributed by atoms with Crippen LogP contribution in [0.15, 0.2) is 72.8 Å². The molecule has 5 rings (SSSR count). The number of nitrogens with one attached hydrogen (secondary N) is 1. The maximum atomic E-state index is 13.3. The van der Waals surface area contributed by atoms with Gasteiger partial charge in [0.05, 0.1) is 14.2 Å². The minimum atomic E-state index is -0.664. The second-order valence-electron chi connectivity index (χ2n) is 9.18. The molecule has 2 fully saturated rings. The fraction of sp³-hybridized carbons (Fsp3) is 0.310. The summed E-state index contributed by atoms with van der Waals surface area (Å²) >= 11 is 0. The van der Waals surface area contributed by atoms with Crippen LogP contribution in [-0.4, -0.2) is 43.6 Å². The summed E-state index contributed by atoms with van der Waals surface area (Å²) in [6.45, 7) is 0.560. The number of hydrogen-bond acceptors (Lipinski definition) is 5. The van der Waals surface area contributed by atoms with E-state index in [4.69, 9.17) is 14.2 Å². The second kappa shape index (κ2) is 10.3. The van der Waals surface area contributed by atoms with Crippen molar-refractivity contribution in [1.82, 2.24) is 4.90 Å². The summed E-state index contributed by atoms with van der Waals surface area (Å²) in [5.74, 6) is 2.15. The summed E-state index contributed by atoms with van der Waals surface area (Å²) in [4.78, 5) is 27.3. The SMILES string of the molecule is COc1ccc(CCN2C(=O)C(Oc3cccc(NC(=O)C4CC4)c3)C2c2cccc(OC)c2)cc1. The molecule has 2 unspecified atom stereocenters. The lowest BCUT2D eigenvalue weighted by Crippen LogP contribution is -2.61. The van der Waals surface area contributed by atoms with Crippen LogP contribution in [0, 0.1) is 5.92 Å². The molecule has 1 saturated carbocycles. The summed E-state index contributed by atoms with van der Waals surface area (Å²) < 4.78 is 16.9. The van der Waals surface area contributed by atoms with Gasteiger partial charge in [-0.2, -0.15) is 0 Å². The van der Waals surface area contributed by atoms with Gasteiger partial charge in [0.25, 0.3) is 5.91 Å². The lowest BCUT2D eigenvalue weighted by Gasteiger charge is -2.47. The van der Waals surface area contributed by atoms with Crippen molar-refractivity contribution in [1.29, 1.82) is 0 Å². The summed E-state index contributed by atoms with van der Waals surface area (Å²) in [7, 11) is 3.27. The molecule has 0 spiro atoms. The maximum absolute atomic E-state index is 13.3. The summed E-state index contributed by atoms with van der Waals surface area (Å²) in [5, 5.41) is 2.94. The van der Waals surface area contributed by atoms with Gasteiger partial charge in [-0.1, -0.05) is 30.3 Å². The highest BCUT2D eigenvalue weighted by atomic mass is 16.5. The monoisotopic (exact) mass is 486 g/mol. The van der Waals surface area contributed by atoms with Crippen molar-refractivity contribution < 1.29 is 23.8 Å². The van der Waals surface area contributed by atoms with Crippen LogP contribution in [0.2, 0.25) is 0 Å².